The average Bonchev–Trinajstić information content (AvgIpc) is 2.33. The van der Waals surface area contributed by atoms with Gasteiger partial charge in [-0.1, -0.05) is 32.0 Å². The number of para-hydroxylation sites is 1. The van der Waals surface area contributed by atoms with Gasteiger partial charge in [-0.05, 0) is 30.0 Å². The number of nitrogens with one attached hydrogen (secondary N) is 1. The number of hydrogen-bond donors (Lipinski definition) is 2. The monoisotopic (exact) mass is 265 g/mol. The highest BCUT2D eigenvalue weighted by Crippen LogP contribution is 2.19. The SMILES string of the molecule is COc1ccccc1CCNCC(C)(C)CC(=O)O. The number of carboxylic acid groups (broad SMARTS) is 1. The van der Waals surface area contributed by atoms with Gasteiger partial charge in [0.15, 0.2) is 0 Å². The van der Waals surface area contributed by atoms with Crippen LogP contribution in [0.2, 0.25) is 0 Å². The van der Waals surface area contributed by atoms with Gasteiger partial charge >= 0.3 is 5.97 Å². The van der Waals surface area contributed by atoms with Crippen molar-refractivity contribution in [1.82, 2.24) is 5.32 Å². The van der Waals surface area contributed by atoms with Crippen LogP contribution in [-0.2, 0) is 11.2 Å². The first-order valence-corrected chi connectivity index (χ1v) is 6.49. The molecule has 1 aromatic carbocycles. The third-order valence-corrected chi connectivity index (χ3v) is 3.00. The highest BCUT2D eigenvalue weighted by Gasteiger charge is 2.20. The maximum atomic E-state index is 10.7. The summed E-state index contributed by atoms with van der Waals surface area (Å²) in [5, 5.41) is 12.1. The second-order valence-electron chi connectivity index (χ2n) is 5.47. The molecule has 4 heteroatoms. The minimum absolute atomic E-state index is 0.175. The fourth-order valence-electron chi connectivity index (χ4n) is 2.03. The van der Waals surface area contributed by atoms with Gasteiger partial charge in [-0.3, -0.25) is 4.79 Å². The highest BCUT2D eigenvalue weighted by molar-refractivity contribution is 5.67. The lowest BCUT2D eigenvalue weighted by atomic mass is 9.89. The van der Waals surface area contributed by atoms with Crippen molar-refractivity contribution < 1.29 is 14.6 Å². The molecule has 0 aliphatic rings. The average molecular weight is 265 g/mol. The van der Waals surface area contributed by atoms with Crippen molar-refractivity contribution in [2.75, 3.05) is 20.2 Å². The molecule has 0 aliphatic carbocycles. The van der Waals surface area contributed by atoms with Crippen molar-refractivity contribution in [3.05, 3.63) is 29.8 Å². The molecule has 0 saturated heterocycles. The van der Waals surface area contributed by atoms with Crippen LogP contribution in [0.5, 0.6) is 5.75 Å². The van der Waals surface area contributed by atoms with Gasteiger partial charge in [-0.15, -0.1) is 0 Å². The molecule has 19 heavy (non-hydrogen) atoms. The van der Waals surface area contributed by atoms with E-state index >= 15 is 0 Å². The molecule has 0 fully saturated rings. The van der Waals surface area contributed by atoms with Crippen molar-refractivity contribution in [1.29, 1.82) is 0 Å². The zero-order valence-electron chi connectivity index (χ0n) is 11.9. The third kappa shape index (κ3) is 5.75. The van der Waals surface area contributed by atoms with E-state index in [1.807, 2.05) is 38.1 Å². The van der Waals surface area contributed by atoms with Crippen molar-refractivity contribution in [3.63, 3.8) is 0 Å². The Morgan fingerprint density at radius 2 is 2.05 bits per heavy atom. The van der Waals surface area contributed by atoms with Crippen LogP contribution in [-0.4, -0.2) is 31.3 Å². The van der Waals surface area contributed by atoms with E-state index in [9.17, 15) is 4.79 Å². The van der Waals surface area contributed by atoms with E-state index < -0.39 is 5.97 Å². The smallest absolute Gasteiger partial charge is 0.303 e. The van der Waals surface area contributed by atoms with Crippen molar-refractivity contribution >= 4 is 5.97 Å². The molecule has 0 aromatic heterocycles. The largest absolute Gasteiger partial charge is 0.496 e. The van der Waals surface area contributed by atoms with Gasteiger partial charge in [0, 0.05) is 6.54 Å². The fraction of sp³-hybridized carbons (Fsp3) is 0.533. The lowest BCUT2D eigenvalue weighted by Crippen LogP contribution is -2.32. The zero-order valence-corrected chi connectivity index (χ0v) is 11.9. The maximum absolute atomic E-state index is 10.7. The molecule has 0 saturated carbocycles. The Bertz CT molecular complexity index is 416. The highest BCUT2D eigenvalue weighted by atomic mass is 16.5. The van der Waals surface area contributed by atoms with E-state index in [-0.39, 0.29) is 11.8 Å². The molecular formula is C15H23NO3. The summed E-state index contributed by atoms with van der Waals surface area (Å²) in [4.78, 5) is 10.7. The molecule has 0 unspecified atom stereocenters. The fourth-order valence-corrected chi connectivity index (χ4v) is 2.03. The van der Waals surface area contributed by atoms with E-state index in [0.717, 1.165) is 24.3 Å². The molecule has 0 heterocycles. The molecule has 1 aromatic rings. The van der Waals surface area contributed by atoms with Crippen molar-refractivity contribution in [2.45, 2.75) is 26.7 Å². The summed E-state index contributed by atoms with van der Waals surface area (Å²) in [6, 6.07) is 7.94. The maximum Gasteiger partial charge on any atom is 0.303 e. The first-order valence-electron chi connectivity index (χ1n) is 6.49. The van der Waals surface area contributed by atoms with Crippen LogP contribution >= 0.6 is 0 Å². The van der Waals surface area contributed by atoms with Crippen LogP contribution in [0.25, 0.3) is 0 Å². The van der Waals surface area contributed by atoms with Gasteiger partial charge in [0.25, 0.3) is 0 Å². The Hall–Kier alpha value is -1.55. The Morgan fingerprint density at radius 3 is 2.68 bits per heavy atom. The molecule has 2 N–H and O–H groups in total. The van der Waals surface area contributed by atoms with Crippen molar-refractivity contribution in [3.8, 4) is 5.75 Å². The summed E-state index contributed by atoms with van der Waals surface area (Å²) in [5.41, 5.74) is 0.931. The summed E-state index contributed by atoms with van der Waals surface area (Å²) < 4.78 is 5.29. The van der Waals surface area contributed by atoms with Gasteiger partial charge in [0.1, 0.15) is 5.75 Å². The Labute approximate surface area is 114 Å². The number of methoxy groups -OCH3 is 1. The number of carboxylic acids is 1. The number of benzene rings is 1. The van der Waals surface area contributed by atoms with Crippen LogP contribution in [0.3, 0.4) is 0 Å². The predicted molar refractivity (Wildman–Crippen MR) is 75.6 cm³/mol. The molecule has 4 nitrogen and oxygen atoms in total. The molecule has 0 bridgehead atoms. The molecule has 0 amide bonds. The lowest BCUT2D eigenvalue weighted by molar-refractivity contribution is -0.139. The van der Waals surface area contributed by atoms with Crippen LogP contribution in [0.1, 0.15) is 25.8 Å². The first kappa shape index (κ1) is 15.5. The number of carbonyl (C=O) groups is 1. The summed E-state index contributed by atoms with van der Waals surface area (Å²) in [6.07, 6.45) is 1.04. The second-order valence-corrected chi connectivity index (χ2v) is 5.47. The molecule has 0 aliphatic heterocycles. The number of ether oxygens (including phenoxy) is 1. The zero-order chi connectivity index (χ0) is 14.3. The molecule has 0 spiro atoms. The van der Waals surface area contributed by atoms with Gasteiger partial charge in [-0.2, -0.15) is 0 Å². The topological polar surface area (TPSA) is 58.6 Å². The van der Waals surface area contributed by atoms with E-state index in [1.165, 1.54) is 0 Å². The van der Waals surface area contributed by atoms with E-state index in [0.29, 0.717) is 6.54 Å². The van der Waals surface area contributed by atoms with Gasteiger partial charge in [-0.25, -0.2) is 0 Å². The number of rotatable bonds is 8. The van der Waals surface area contributed by atoms with E-state index in [2.05, 4.69) is 5.32 Å². The predicted octanol–water partition coefficient (Wildman–Crippen LogP) is 2.33. The minimum atomic E-state index is -0.753. The van der Waals surface area contributed by atoms with E-state index in [4.69, 9.17) is 9.84 Å². The standard InChI is InChI=1S/C15H23NO3/c1-15(2,10-14(17)18)11-16-9-8-12-6-4-5-7-13(12)19-3/h4-7,16H,8-11H2,1-3H3,(H,17,18). The molecule has 106 valence electrons. The minimum Gasteiger partial charge on any atom is -0.496 e. The molecule has 0 radical (unpaired) electrons. The number of aliphatic carboxylic acids is 1. The van der Waals surface area contributed by atoms with Crippen LogP contribution in [0.4, 0.5) is 0 Å². The first-order chi connectivity index (χ1) is 8.94. The summed E-state index contributed by atoms with van der Waals surface area (Å²) in [6.45, 7) is 5.41. The third-order valence-electron chi connectivity index (χ3n) is 3.00. The Balaban J connectivity index is 2.36. The van der Waals surface area contributed by atoms with Gasteiger partial charge < -0.3 is 15.2 Å². The summed E-state index contributed by atoms with van der Waals surface area (Å²) >= 11 is 0. The van der Waals surface area contributed by atoms with Gasteiger partial charge in [0.2, 0.25) is 0 Å². The normalized spacial score (nSPS) is 11.3. The Kier molecular flexibility index (Phi) is 5.83. The van der Waals surface area contributed by atoms with Crippen molar-refractivity contribution in [2.24, 2.45) is 5.41 Å². The van der Waals surface area contributed by atoms with Gasteiger partial charge in [0.05, 0.1) is 13.5 Å². The van der Waals surface area contributed by atoms with E-state index in [1.54, 1.807) is 7.11 Å². The van der Waals surface area contributed by atoms with Crippen LogP contribution in [0.15, 0.2) is 24.3 Å². The molecular weight excluding hydrogens is 242 g/mol. The Morgan fingerprint density at radius 1 is 1.37 bits per heavy atom. The second kappa shape index (κ2) is 7.14. The molecule has 1 rings (SSSR count). The summed E-state index contributed by atoms with van der Waals surface area (Å²) in [7, 11) is 1.67. The van der Waals surface area contributed by atoms with Crippen LogP contribution < -0.4 is 10.1 Å². The quantitative estimate of drug-likeness (QED) is 0.708. The number of hydrogen-bond acceptors (Lipinski definition) is 3. The summed E-state index contributed by atoms with van der Waals surface area (Å²) in [5.74, 6) is 0.144. The van der Waals surface area contributed by atoms with Crippen LogP contribution in [0, 0.1) is 5.41 Å². The molecule has 0 atom stereocenters. The lowest BCUT2D eigenvalue weighted by Gasteiger charge is -2.22.